The van der Waals surface area contributed by atoms with Gasteiger partial charge < -0.3 is 25.0 Å². The van der Waals surface area contributed by atoms with Gasteiger partial charge in [-0.15, -0.1) is 0 Å². The molecule has 0 radical (unpaired) electrons. The third-order valence-corrected chi connectivity index (χ3v) is 2.63. The van der Waals surface area contributed by atoms with Crippen LogP contribution in [0.25, 0.3) is 0 Å². The molecule has 0 spiro atoms. The fraction of sp³-hybridized carbons (Fsp3) is 0.846. The maximum atomic E-state index is 11.1. The summed E-state index contributed by atoms with van der Waals surface area (Å²) in [6.45, 7) is 3.32. The summed E-state index contributed by atoms with van der Waals surface area (Å²) in [7, 11) is 5.02. The lowest BCUT2D eigenvalue weighted by Gasteiger charge is -2.16. The standard InChI is InChI=1S/C13H27N3O4/c1-16(8-4-6-14-12(17)10-19-2)9-5-7-15-13(18)11-20-3/h4-11H2,1-3H3,(H,14,17)(H,15,18). The number of hydrogen-bond donors (Lipinski definition) is 2. The lowest BCUT2D eigenvalue weighted by Crippen LogP contribution is -2.32. The predicted octanol–water partition coefficient (Wildman–Crippen LogP) is -0.776. The Morgan fingerprint density at radius 3 is 1.65 bits per heavy atom. The number of hydrogen-bond acceptors (Lipinski definition) is 5. The summed E-state index contributed by atoms with van der Waals surface area (Å²) < 4.78 is 9.44. The van der Waals surface area contributed by atoms with Crippen molar-refractivity contribution in [3.63, 3.8) is 0 Å². The lowest BCUT2D eigenvalue weighted by molar-refractivity contribution is -0.125. The van der Waals surface area contributed by atoms with Crippen LogP contribution in [0.2, 0.25) is 0 Å². The van der Waals surface area contributed by atoms with Gasteiger partial charge in [0.15, 0.2) is 0 Å². The van der Waals surface area contributed by atoms with Gasteiger partial charge in [-0.1, -0.05) is 0 Å². The quantitative estimate of drug-likeness (QED) is 0.461. The van der Waals surface area contributed by atoms with Gasteiger partial charge in [0.05, 0.1) is 0 Å². The van der Waals surface area contributed by atoms with E-state index in [0.29, 0.717) is 13.1 Å². The summed E-state index contributed by atoms with van der Waals surface area (Å²) in [6, 6.07) is 0. The van der Waals surface area contributed by atoms with Gasteiger partial charge in [-0.2, -0.15) is 0 Å². The maximum Gasteiger partial charge on any atom is 0.245 e. The van der Waals surface area contributed by atoms with Gasteiger partial charge in [-0.05, 0) is 33.0 Å². The fourth-order valence-corrected chi connectivity index (χ4v) is 1.63. The Bertz CT molecular complexity index is 248. The second kappa shape index (κ2) is 12.8. The highest BCUT2D eigenvalue weighted by atomic mass is 16.5. The van der Waals surface area contributed by atoms with Crippen molar-refractivity contribution in [2.45, 2.75) is 12.8 Å². The van der Waals surface area contributed by atoms with Gasteiger partial charge in [0.1, 0.15) is 13.2 Å². The molecule has 0 atom stereocenters. The van der Waals surface area contributed by atoms with E-state index in [1.54, 1.807) is 0 Å². The van der Waals surface area contributed by atoms with E-state index in [1.807, 2.05) is 7.05 Å². The Kier molecular flexibility index (Phi) is 12.1. The molecule has 118 valence electrons. The predicted molar refractivity (Wildman–Crippen MR) is 76.5 cm³/mol. The SMILES string of the molecule is COCC(=O)NCCCN(C)CCCNC(=O)COC. The summed E-state index contributed by atoms with van der Waals surface area (Å²) in [5.74, 6) is -0.174. The zero-order chi connectivity index (χ0) is 15.2. The largest absolute Gasteiger partial charge is 0.375 e. The Balaban J connectivity index is 3.39. The molecule has 0 fully saturated rings. The average Bonchev–Trinajstić information content (AvgIpc) is 2.40. The number of methoxy groups -OCH3 is 2. The zero-order valence-electron chi connectivity index (χ0n) is 12.7. The van der Waals surface area contributed by atoms with Gasteiger partial charge in [-0.3, -0.25) is 9.59 Å². The molecule has 0 aromatic carbocycles. The number of nitrogens with one attached hydrogen (secondary N) is 2. The van der Waals surface area contributed by atoms with Crippen molar-refractivity contribution < 1.29 is 19.1 Å². The Morgan fingerprint density at radius 1 is 0.900 bits per heavy atom. The van der Waals surface area contributed by atoms with Gasteiger partial charge in [0.2, 0.25) is 11.8 Å². The lowest BCUT2D eigenvalue weighted by atomic mass is 10.3. The van der Waals surface area contributed by atoms with Gasteiger partial charge in [0, 0.05) is 27.3 Å². The number of ether oxygens (including phenoxy) is 2. The molecule has 7 nitrogen and oxygen atoms in total. The minimum absolute atomic E-state index is 0.0870. The molecule has 0 aliphatic rings. The Hall–Kier alpha value is -1.18. The van der Waals surface area contributed by atoms with Crippen LogP contribution in [0.1, 0.15) is 12.8 Å². The van der Waals surface area contributed by atoms with Gasteiger partial charge >= 0.3 is 0 Å². The van der Waals surface area contributed by atoms with Crippen molar-refractivity contribution in [1.82, 2.24) is 15.5 Å². The molecule has 0 rings (SSSR count). The molecule has 0 aliphatic heterocycles. The molecule has 7 heteroatoms. The van der Waals surface area contributed by atoms with E-state index < -0.39 is 0 Å². The number of carbonyl (C=O) groups excluding carboxylic acids is 2. The third-order valence-electron chi connectivity index (χ3n) is 2.63. The van der Waals surface area contributed by atoms with Crippen LogP contribution >= 0.6 is 0 Å². The van der Waals surface area contributed by atoms with Crippen LogP contribution in [0.5, 0.6) is 0 Å². The summed E-state index contributed by atoms with van der Waals surface area (Å²) in [5, 5.41) is 5.55. The van der Waals surface area contributed by atoms with E-state index in [-0.39, 0.29) is 25.0 Å². The minimum atomic E-state index is -0.0870. The van der Waals surface area contributed by atoms with Crippen molar-refractivity contribution >= 4 is 11.8 Å². The molecule has 0 bridgehead atoms. The van der Waals surface area contributed by atoms with Crippen molar-refractivity contribution in [2.24, 2.45) is 0 Å². The third kappa shape index (κ3) is 11.9. The van der Waals surface area contributed by atoms with Crippen LogP contribution in [0, 0.1) is 0 Å². The molecule has 0 heterocycles. The average molecular weight is 289 g/mol. The van der Waals surface area contributed by atoms with Crippen LogP contribution in [-0.2, 0) is 19.1 Å². The van der Waals surface area contributed by atoms with E-state index >= 15 is 0 Å². The molecule has 0 aliphatic carbocycles. The minimum Gasteiger partial charge on any atom is -0.375 e. The summed E-state index contributed by atoms with van der Waals surface area (Å²) in [4.78, 5) is 24.4. The monoisotopic (exact) mass is 289 g/mol. The Labute approximate surface area is 121 Å². The van der Waals surface area contributed by atoms with Crippen LogP contribution in [-0.4, -0.2) is 77.4 Å². The highest BCUT2D eigenvalue weighted by Gasteiger charge is 2.02. The molecule has 0 saturated heterocycles. The first-order valence-corrected chi connectivity index (χ1v) is 6.80. The van der Waals surface area contributed by atoms with E-state index in [0.717, 1.165) is 25.9 Å². The zero-order valence-corrected chi connectivity index (χ0v) is 12.7. The topological polar surface area (TPSA) is 79.9 Å². The van der Waals surface area contributed by atoms with Crippen LogP contribution in [0.15, 0.2) is 0 Å². The fourth-order valence-electron chi connectivity index (χ4n) is 1.63. The van der Waals surface area contributed by atoms with Crippen molar-refractivity contribution in [2.75, 3.05) is 60.7 Å². The van der Waals surface area contributed by atoms with E-state index in [1.165, 1.54) is 14.2 Å². The Morgan fingerprint density at radius 2 is 1.30 bits per heavy atom. The number of rotatable bonds is 12. The molecule has 0 aromatic heterocycles. The van der Waals surface area contributed by atoms with Crippen molar-refractivity contribution in [1.29, 1.82) is 0 Å². The number of nitrogens with zero attached hydrogens (tertiary/aromatic N) is 1. The van der Waals surface area contributed by atoms with Crippen molar-refractivity contribution in [3.05, 3.63) is 0 Å². The summed E-state index contributed by atoms with van der Waals surface area (Å²) in [5.41, 5.74) is 0. The first-order chi connectivity index (χ1) is 9.60. The van der Waals surface area contributed by atoms with E-state index in [9.17, 15) is 9.59 Å². The second-order valence-electron chi connectivity index (χ2n) is 4.58. The van der Waals surface area contributed by atoms with Gasteiger partial charge in [0.25, 0.3) is 0 Å². The molecule has 0 unspecified atom stereocenters. The van der Waals surface area contributed by atoms with E-state index in [4.69, 9.17) is 9.47 Å². The molecule has 2 amide bonds. The first kappa shape index (κ1) is 18.8. The molecule has 0 saturated carbocycles. The molecule has 20 heavy (non-hydrogen) atoms. The summed E-state index contributed by atoms with van der Waals surface area (Å²) in [6.07, 6.45) is 1.78. The van der Waals surface area contributed by atoms with E-state index in [2.05, 4.69) is 15.5 Å². The second-order valence-corrected chi connectivity index (χ2v) is 4.58. The smallest absolute Gasteiger partial charge is 0.245 e. The highest BCUT2D eigenvalue weighted by Crippen LogP contribution is 1.89. The highest BCUT2D eigenvalue weighted by molar-refractivity contribution is 5.77. The number of carbonyl (C=O) groups is 2. The van der Waals surface area contributed by atoms with Crippen LogP contribution in [0.3, 0.4) is 0 Å². The van der Waals surface area contributed by atoms with Gasteiger partial charge in [-0.25, -0.2) is 0 Å². The van der Waals surface area contributed by atoms with Crippen molar-refractivity contribution in [3.8, 4) is 0 Å². The molecule has 2 N–H and O–H groups in total. The summed E-state index contributed by atoms with van der Waals surface area (Å²) >= 11 is 0. The maximum absolute atomic E-state index is 11.1. The van der Waals surface area contributed by atoms with Crippen LogP contribution in [0.4, 0.5) is 0 Å². The van der Waals surface area contributed by atoms with Crippen LogP contribution < -0.4 is 10.6 Å². The first-order valence-electron chi connectivity index (χ1n) is 6.80. The molecule has 0 aromatic rings. The normalized spacial score (nSPS) is 10.6. The molecular weight excluding hydrogens is 262 g/mol. The molecular formula is C13H27N3O4. The number of amides is 2.